The van der Waals surface area contributed by atoms with Crippen molar-refractivity contribution in [2.75, 3.05) is 5.32 Å². The quantitative estimate of drug-likeness (QED) is 0.265. The maximum absolute atomic E-state index is 12.4. The number of hydrogen-bond donors (Lipinski definition) is 1. The van der Waals surface area contributed by atoms with E-state index < -0.39 is 10.8 Å². The lowest BCUT2D eigenvalue weighted by Crippen LogP contribution is -2.14. The number of furan rings is 1. The van der Waals surface area contributed by atoms with Crippen LogP contribution in [0.2, 0.25) is 5.02 Å². The number of nitro groups is 1. The van der Waals surface area contributed by atoms with Gasteiger partial charge in [0.05, 0.1) is 4.92 Å². The number of halogens is 1. The van der Waals surface area contributed by atoms with Crippen molar-refractivity contribution in [3.05, 3.63) is 86.6 Å². The Hall–Kier alpha value is -3.89. The average Bonchev–Trinajstić information content (AvgIpc) is 3.16. The Labute approximate surface area is 171 Å². The van der Waals surface area contributed by atoms with E-state index in [4.69, 9.17) is 16.0 Å². The second kappa shape index (κ2) is 8.42. The van der Waals surface area contributed by atoms with Crippen molar-refractivity contribution < 1.29 is 14.1 Å². The van der Waals surface area contributed by atoms with Gasteiger partial charge in [0.1, 0.15) is 23.2 Å². The number of nitro benzene ring substituents is 1. The van der Waals surface area contributed by atoms with E-state index in [1.165, 1.54) is 24.3 Å². The highest BCUT2D eigenvalue weighted by atomic mass is 35.5. The molecule has 0 bridgehead atoms. The number of carbonyl (C=O) groups excluding carboxylic acids is 1. The van der Waals surface area contributed by atoms with Crippen molar-refractivity contribution in [1.29, 1.82) is 5.26 Å². The second-order valence-electron chi connectivity index (χ2n) is 6.09. The molecule has 1 aromatic heterocycles. The molecule has 0 unspecified atom stereocenters. The van der Waals surface area contributed by atoms with Gasteiger partial charge in [0.25, 0.3) is 11.6 Å². The number of nitriles is 1. The first-order valence-electron chi connectivity index (χ1n) is 8.41. The molecule has 0 saturated carbocycles. The number of non-ortho nitro benzene ring substituents is 1. The molecule has 29 heavy (non-hydrogen) atoms. The Morgan fingerprint density at radius 3 is 2.55 bits per heavy atom. The summed E-state index contributed by atoms with van der Waals surface area (Å²) in [6, 6.07) is 16.3. The Morgan fingerprint density at radius 2 is 1.93 bits per heavy atom. The molecule has 1 heterocycles. The SMILES string of the molecule is Cc1cc([N+](=O)[O-])ccc1NC(=O)C(C#N)=Cc1ccc(-c2ccc(Cl)cc2)o1. The molecule has 0 fully saturated rings. The number of anilines is 1. The van der Waals surface area contributed by atoms with Crippen molar-refractivity contribution in [3.8, 4) is 17.4 Å². The second-order valence-corrected chi connectivity index (χ2v) is 6.53. The molecule has 0 radical (unpaired) electrons. The van der Waals surface area contributed by atoms with E-state index in [0.29, 0.717) is 27.8 Å². The molecule has 0 aliphatic rings. The van der Waals surface area contributed by atoms with Gasteiger partial charge in [0, 0.05) is 34.5 Å². The maximum atomic E-state index is 12.4. The molecule has 8 heteroatoms. The van der Waals surface area contributed by atoms with Crippen molar-refractivity contribution in [1.82, 2.24) is 0 Å². The summed E-state index contributed by atoms with van der Waals surface area (Å²) in [6.07, 6.45) is 1.33. The first-order chi connectivity index (χ1) is 13.9. The fourth-order valence-corrected chi connectivity index (χ4v) is 2.71. The molecule has 7 nitrogen and oxygen atoms in total. The molecule has 0 atom stereocenters. The third-order valence-electron chi connectivity index (χ3n) is 4.08. The summed E-state index contributed by atoms with van der Waals surface area (Å²) >= 11 is 5.87. The van der Waals surface area contributed by atoms with Crippen LogP contribution in [0, 0.1) is 28.4 Å². The van der Waals surface area contributed by atoms with Crippen LogP contribution in [0.15, 0.2) is 64.6 Å². The van der Waals surface area contributed by atoms with E-state index in [1.54, 1.807) is 43.3 Å². The minimum Gasteiger partial charge on any atom is -0.457 e. The zero-order valence-corrected chi connectivity index (χ0v) is 15.9. The van der Waals surface area contributed by atoms with Crippen LogP contribution in [-0.2, 0) is 4.79 Å². The number of nitrogens with zero attached hydrogens (tertiary/aromatic N) is 2. The van der Waals surface area contributed by atoms with Crippen LogP contribution >= 0.6 is 11.6 Å². The number of carbonyl (C=O) groups is 1. The standard InChI is InChI=1S/C21H14ClN3O4/c1-13-10-17(25(27)28)6-8-19(13)24-21(26)15(12-23)11-18-7-9-20(29-18)14-2-4-16(22)5-3-14/h2-11H,1H3,(H,24,26). The number of aryl methyl sites for hydroxylation is 1. The Kier molecular flexibility index (Phi) is 5.77. The monoisotopic (exact) mass is 407 g/mol. The molecule has 0 spiro atoms. The van der Waals surface area contributed by atoms with Gasteiger partial charge in [-0.1, -0.05) is 11.6 Å². The lowest BCUT2D eigenvalue weighted by molar-refractivity contribution is -0.384. The van der Waals surface area contributed by atoms with Crippen molar-refractivity contribution in [2.24, 2.45) is 0 Å². The van der Waals surface area contributed by atoms with E-state index in [1.807, 2.05) is 6.07 Å². The van der Waals surface area contributed by atoms with Crippen LogP contribution in [0.4, 0.5) is 11.4 Å². The third-order valence-corrected chi connectivity index (χ3v) is 4.33. The molecule has 0 aliphatic heterocycles. The zero-order valence-electron chi connectivity index (χ0n) is 15.2. The highest BCUT2D eigenvalue weighted by Crippen LogP contribution is 2.25. The predicted octanol–water partition coefficient (Wildman–Crippen LogP) is 5.36. The molecule has 1 amide bonds. The van der Waals surface area contributed by atoms with Gasteiger partial charge in [-0.2, -0.15) is 5.26 Å². The summed E-state index contributed by atoms with van der Waals surface area (Å²) in [7, 11) is 0. The molecule has 144 valence electrons. The predicted molar refractivity (Wildman–Crippen MR) is 109 cm³/mol. The summed E-state index contributed by atoms with van der Waals surface area (Å²) in [5.74, 6) is 0.257. The van der Waals surface area contributed by atoms with Gasteiger partial charge in [-0.3, -0.25) is 14.9 Å². The molecule has 3 aromatic rings. The molecule has 2 aromatic carbocycles. The fraction of sp³-hybridized carbons (Fsp3) is 0.0476. The van der Waals surface area contributed by atoms with Gasteiger partial charge >= 0.3 is 0 Å². The van der Waals surface area contributed by atoms with E-state index >= 15 is 0 Å². The summed E-state index contributed by atoms with van der Waals surface area (Å²) in [5, 5.41) is 23.4. The van der Waals surface area contributed by atoms with Crippen LogP contribution < -0.4 is 5.32 Å². The number of nitrogens with one attached hydrogen (secondary N) is 1. The lowest BCUT2D eigenvalue weighted by atomic mass is 10.1. The van der Waals surface area contributed by atoms with Crippen LogP contribution in [-0.4, -0.2) is 10.8 Å². The van der Waals surface area contributed by atoms with Crippen LogP contribution in [0.5, 0.6) is 0 Å². The summed E-state index contributed by atoms with van der Waals surface area (Å²) in [5.41, 5.74) is 1.44. The number of hydrogen-bond acceptors (Lipinski definition) is 5. The van der Waals surface area contributed by atoms with E-state index in [9.17, 15) is 20.2 Å². The highest BCUT2D eigenvalue weighted by Gasteiger charge is 2.14. The van der Waals surface area contributed by atoms with Gasteiger partial charge in [0.15, 0.2) is 0 Å². The topological polar surface area (TPSA) is 109 Å². The number of amides is 1. The van der Waals surface area contributed by atoms with Crippen LogP contribution in [0.1, 0.15) is 11.3 Å². The average molecular weight is 408 g/mol. The lowest BCUT2D eigenvalue weighted by Gasteiger charge is -2.07. The third kappa shape index (κ3) is 4.69. The van der Waals surface area contributed by atoms with Crippen molar-refractivity contribution in [3.63, 3.8) is 0 Å². The molecule has 3 rings (SSSR count). The smallest absolute Gasteiger partial charge is 0.269 e. The number of benzene rings is 2. The molecule has 1 N–H and O–H groups in total. The largest absolute Gasteiger partial charge is 0.457 e. The molecular formula is C21H14ClN3O4. The van der Waals surface area contributed by atoms with Crippen LogP contribution in [0.3, 0.4) is 0 Å². The molecule has 0 saturated heterocycles. The highest BCUT2D eigenvalue weighted by molar-refractivity contribution is 6.30. The Morgan fingerprint density at radius 1 is 1.21 bits per heavy atom. The van der Waals surface area contributed by atoms with Crippen LogP contribution in [0.25, 0.3) is 17.4 Å². The first kappa shape index (κ1) is 19.9. The Balaban J connectivity index is 1.80. The van der Waals surface area contributed by atoms with E-state index in [2.05, 4.69) is 5.32 Å². The molecule has 0 aliphatic carbocycles. The van der Waals surface area contributed by atoms with Gasteiger partial charge in [-0.25, -0.2) is 0 Å². The van der Waals surface area contributed by atoms with Crippen molar-refractivity contribution >= 4 is 35.0 Å². The van der Waals surface area contributed by atoms with Gasteiger partial charge < -0.3 is 9.73 Å². The van der Waals surface area contributed by atoms with E-state index in [-0.39, 0.29) is 11.3 Å². The summed E-state index contributed by atoms with van der Waals surface area (Å²) in [4.78, 5) is 22.7. The van der Waals surface area contributed by atoms with E-state index in [0.717, 1.165) is 5.56 Å². The zero-order chi connectivity index (χ0) is 21.0. The fourth-order valence-electron chi connectivity index (χ4n) is 2.58. The summed E-state index contributed by atoms with van der Waals surface area (Å²) in [6.45, 7) is 1.63. The normalized spacial score (nSPS) is 11.0. The minimum absolute atomic E-state index is 0.0816. The molecular weight excluding hydrogens is 394 g/mol. The summed E-state index contributed by atoms with van der Waals surface area (Å²) < 4.78 is 5.68. The maximum Gasteiger partial charge on any atom is 0.269 e. The van der Waals surface area contributed by atoms with Crippen molar-refractivity contribution in [2.45, 2.75) is 6.92 Å². The minimum atomic E-state index is -0.645. The Bertz CT molecular complexity index is 1160. The van der Waals surface area contributed by atoms with Gasteiger partial charge in [-0.05, 0) is 55.0 Å². The van der Waals surface area contributed by atoms with Gasteiger partial charge in [0.2, 0.25) is 0 Å². The van der Waals surface area contributed by atoms with Gasteiger partial charge in [-0.15, -0.1) is 0 Å². The first-order valence-corrected chi connectivity index (χ1v) is 8.79. The number of rotatable bonds is 5.